The highest BCUT2D eigenvalue weighted by atomic mass is 32.2. The summed E-state index contributed by atoms with van der Waals surface area (Å²) >= 11 is 0. The molecular weight excluding hydrogens is 196 g/mol. The van der Waals surface area contributed by atoms with E-state index in [2.05, 4.69) is 9.46 Å². The van der Waals surface area contributed by atoms with Crippen LogP contribution >= 0.6 is 0 Å². The maximum Gasteiger partial charge on any atom is 0.322 e. The van der Waals surface area contributed by atoms with E-state index in [1.807, 2.05) is 0 Å². The number of esters is 1. The zero-order valence-electron chi connectivity index (χ0n) is 7.45. The Morgan fingerprint density at radius 2 is 2.15 bits per heavy atom. The van der Waals surface area contributed by atoms with Crippen molar-refractivity contribution >= 4 is 16.0 Å². The van der Waals surface area contributed by atoms with Gasteiger partial charge in [-0.05, 0) is 6.92 Å². The number of nitrogens with two attached hydrogens (primary N) is 1. The first kappa shape index (κ1) is 12.3. The fraction of sp³-hybridized carbons (Fsp3) is 0.833. The van der Waals surface area contributed by atoms with Crippen LogP contribution in [0.5, 0.6) is 0 Å². The van der Waals surface area contributed by atoms with E-state index in [1.54, 1.807) is 6.92 Å². The number of sulfonamides is 1. The SMILES string of the molecule is CCOC(=O)CS(=O)(=O)NCCN. The van der Waals surface area contributed by atoms with E-state index in [1.165, 1.54) is 0 Å². The topological polar surface area (TPSA) is 98.5 Å². The molecule has 6 nitrogen and oxygen atoms in total. The third-order valence-corrected chi connectivity index (χ3v) is 2.34. The van der Waals surface area contributed by atoms with E-state index in [9.17, 15) is 13.2 Å². The smallest absolute Gasteiger partial charge is 0.322 e. The largest absolute Gasteiger partial charge is 0.465 e. The number of hydrogen-bond acceptors (Lipinski definition) is 5. The third kappa shape index (κ3) is 6.50. The first-order valence-electron chi connectivity index (χ1n) is 3.85. The Balaban J connectivity index is 3.95. The van der Waals surface area contributed by atoms with Crippen molar-refractivity contribution in [2.75, 3.05) is 25.4 Å². The van der Waals surface area contributed by atoms with Crippen LogP contribution in [-0.4, -0.2) is 39.8 Å². The summed E-state index contributed by atoms with van der Waals surface area (Å²) in [4.78, 5) is 10.7. The van der Waals surface area contributed by atoms with Gasteiger partial charge in [0.2, 0.25) is 10.0 Å². The molecule has 78 valence electrons. The van der Waals surface area contributed by atoms with Crippen LogP contribution < -0.4 is 10.5 Å². The van der Waals surface area contributed by atoms with E-state index in [-0.39, 0.29) is 19.7 Å². The summed E-state index contributed by atoms with van der Waals surface area (Å²) in [5.41, 5.74) is 5.08. The van der Waals surface area contributed by atoms with Gasteiger partial charge >= 0.3 is 5.97 Å². The zero-order chi connectivity index (χ0) is 10.3. The van der Waals surface area contributed by atoms with Crippen molar-refractivity contribution in [2.24, 2.45) is 5.73 Å². The summed E-state index contributed by atoms with van der Waals surface area (Å²) in [7, 11) is -3.57. The van der Waals surface area contributed by atoms with Gasteiger partial charge in [-0.25, -0.2) is 13.1 Å². The van der Waals surface area contributed by atoms with Crippen LogP contribution in [0.2, 0.25) is 0 Å². The minimum atomic E-state index is -3.57. The number of carbonyl (C=O) groups is 1. The van der Waals surface area contributed by atoms with Gasteiger partial charge in [-0.3, -0.25) is 4.79 Å². The Morgan fingerprint density at radius 3 is 2.62 bits per heavy atom. The monoisotopic (exact) mass is 210 g/mol. The maximum absolute atomic E-state index is 11.0. The molecule has 0 atom stereocenters. The van der Waals surface area contributed by atoms with Crippen LogP contribution in [0.1, 0.15) is 6.92 Å². The fourth-order valence-electron chi connectivity index (χ4n) is 0.623. The fourth-order valence-corrected chi connectivity index (χ4v) is 1.55. The van der Waals surface area contributed by atoms with E-state index in [4.69, 9.17) is 5.73 Å². The molecule has 0 saturated heterocycles. The Labute approximate surface area is 77.5 Å². The number of ether oxygens (including phenoxy) is 1. The maximum atomic E-state index is 11.0. The lowest BCUT2D eigenvalue weighted by molar-refractivity contribution is -0.139. The van der Waals surface area contributed by atoms with E-state index in [0.717, 1.165) is 0 Å². The summed E-state index contributed by atoms with van der Waals surface area (Å²) in [5.74, 6) is -1.41. The van der Waals surface area contributed by atoms with Gasteiger partial charge in [-0.1, -0.05) is 0 Å². The van der Waals surface area contributed by atoms with Gasteiger partial charge in [0, 0.05) is 13.1 Å². The molecule has 0 bridgehead atoms. The summed E-state index contributed by atoms with van der Waals surface area (Å²) in [6.07, 6.45) is 0. The molecule has 0 unspecified atom stereocenters. The Bertz CT molecular complexity index is 249. The Kier molecular flexibility index (Phi) is 5.60. The van der Waals surface area contributed by atoms with E-state index >= 15 is 0 Å². The average molecular weight is 210 g/mol. The molecule has 0 aliphatic rings. The standard InChI is InChI=1S/C6H14N2O4S/c1-2-12-6(9)5-13(10,11)8-4-3-7/h8H,2-5,7H2,1H3. The molecule has 13 heavy (non-hydrogen) atoms. The van der Waals surface area contributed by atoms with Gasteiger partial charge in [0.15, 0.2) is 5.75 Å². The summed E-state index contributed by atoms with van der Waals surface area (Å²) < 4.78 is 28.6. The van der Waals surface area contributed by atoms with Gasteiger partial charge < -0.3 is 10.5 Å². The van der Waals surface area contributed by atoms with Crippen LogP contribution in [0.25, 0.3) is 0 Å². The van der Waals surface area contributed by atoms with Crippen molar-refractivity contribution in [3.8, 4) is 0 Å². The number of carbonyl (C=O) groups excluding carboxylic acids is 1. The highest BCUT2D eigenvalue weighted by molar-refractivity contribution is 7.90. The van der Waals surface area contributed by atoms with Crippen molar-refractivity contribution in [1.29, 1.82) is 0 Å². The normalized spacial score (nSPS) is 11.2. The van der Waals surface area contributed by atoms with Crippen molar-refractivity contribution in [2.45, 2.75) is 6.92 Å². The lowest BCUT2D eigenvalue weighted by atomic mass is 10.7. The van der Waals surface area contributed by atoms with Crippen molar-refractivity contribution in [1.82, 2.24) is 4.72 Å². The van der Waals surface area contributed by atoms with E-state index in [0.29, 0.717) is 0 Å². The van der Waals surface area contributed by atoms with Gasteiger partial charge in [0.25, 0.3) is 0 Å². The second-order valence-electron chi connectivity index (χ2n) is 2.25. The second kappa shape index (κ2) is 5.90. The highest BCUT2D eigenvalue weighted by Gasteiger charge is 2.15. The van der Waals surface area contributed by atoms with Crippen LogP contribution in [-0.2, 0) is 19.6 Å². The van der Waals surface area contributed by atoms with Crippen molar-refractivity contribution < 1.29 is 17.9 Å². The first-order valence-corrected chi connectivity index (χ1v) is 5.50. The van der Waals surface area contributed by atoms with Gasteiger partial charge in [0.1, 0.15) is 0 Å². The summed E-state index contributed by atoms with van der Waals surface area (Å²) in [6, 6.07) is 0. The molecule has 0 heterocycles. The van der Waals surface area contributed by atoms with E-state index < -0.39 is 21.7 Å². The molecular formula is C6H14N2O4S. The second-order valence-corrected chi connectivity index (χ2v) is 4.05. The Hall–Kier alpha value is -0.660. The lowest BCUT2D eigenvalue weighted by Crippen LogP contribution is -2.34. The molecule has 0 rings (SSSR count). The van der Waals surface area contributed by atoms with Gasteiger partial charge in [0.05, 0.1) is 6.61 Å². The molecule has 0 aliphatic carbocycles. The zero-order valence-corrected chi connectivity index (χ0v) is 8.26. The van der Waals surface area contributed by atoms with Gasteiger partial charge in [-0.2, -0.15) is 0 Å². The number of hydrogen-bond donors (Lipinski definition) is 2. The summed E-state index contributed by atoms with van der Waals surface area (Å²) in [5, 5.41) is 0. The first-order chi connectivity index (χ1) is 6.02. The third-order valence-electron chi connectivity index (χ3n) is 1.08. The van der Waals surface area contributed by atoms with Crippen molar-refractivity contribution in [3.05, 3.63) is 0 Å². The van der Waals surface area contributed by atoms with Crippen LogP contribution in [0.15, 0.2) is 0 Å². The van der Waals surface area contributed by atoms with Crippen LogP contribution in [0.3, 0.4) is 0 Å². The predicted octanol–water partition coefficient (Wildman–Crippen LogP) is -1.57. The van der Waals surface area contributed by atoms with Crippen LogP contribution in [0, 0.1) is 0 Å². The highest BCUT2D eigenvalue weighted by Crippen LogP contribution is 1.86. The molecule has 0 amide bonds. The lowest BCUT2D eigenvalue weighted by Gasteiger charge is -2.04. The molecule has 0 aromatic heterocycles. The quantitative estimate of drug-likeness (QED) is 0.516. The molecule has 7 heteroatoms. The summed E-state index contributed by atoms with van der Waals surface area (Å²) in [6.45, 7) is 2.10. The molecule has 0 aliphatic heterocycles. The molecule has 0 aromatic rings. The molecule has 3 N–H and O–H groups in total. The van der Waals surface area contributed by atoms with Crippen molar-refractivity contribution in [3.63, 3.8) is 0 Å². The predicted molar refractivity (Wildman–Crippen MR) is 47.5 cm³/mol. The molecule has 0 spiro atoms. The number of rotatable bonds is 6. The molecule has 0 aromatic carbocycles. The molecule has 0 radical (unpaired) electrons. The Morgan fingerprint density at radius 1 is 1.54 bits per heavy atom. The molecule has 0 saturated carbocycles. The van der Waals surface area contributed by atoms with Crippen LogP contribution in [0.4, 0.5) is 0 Å². The number of nitrogens with one attached hydrogen (secondary N) is 1. The minimum absolute atomic E-state index is 0.127. The molecule has 0 fully saturated rings. The minimum Gasteiger partial charge on any atom is -0.465 e. The van der Waals surface area contributed by atoms with Gasteiger partial charge in [-0.15, -0.1) is 0 Å². The average Bonchev–Trinajstić information content (AvgIpc) is 2.00.